The molecular weight excluding hydrogens is 218 g/mol. The van der Waals surface area contributed by atoms with Gasteiger partial charge in [-0.25, -0.2) is 0 Å². The lowest BCUT2D eigenvalue weighted by molar-refractivity contribution is 0.159. The molecule has 0 fully saturated rings. The molecule has 0 aliphatic carbocycles. The van der Waals surface area contributed by atoms with E-state index >= 15 is 0 Å². The third-order valence-electron chi connectivity index (χ3n) is 2.46. The van der Waals surface area contributed by atoms with Crippen molar-refractivity contribution in [2.24, 2.45) is 0 Å². The van der Waals surface area contributed by atoms with Crippen molar-refractivity contribution in [1.29, 1.82) is 0 Å². The Morgan fingerprint density at radius 2 is 1.94 bits per heavy atom. The van der Waals surface area contributed by atoms with Crippen molar-refractivity contribution in [3.05, 3.63) is 29.3 Å². The molecule has 0 aliphatic heterocycles. The highest BCUT2D eigenvalue weighted by molar-refractivity contribution is 5.37. The van der Waals surface area contributed by atoms with Crippen LogP contribution in [-0.4, -0.2) is 27.4 Å². The van der Waals surface area contributed by atoms with Crippen LogP contribution in [0.15, 0.2) is 18.2 Å². The number of benzene rings is 1. The average molecular weight is 239 g/mol. The van der Waals surface area contributed by atoms with Gasteiger partial charge >= 0.3 is 0 Å². The van der Waals surface area contributed by atoms with Crippen molar-refractivity contribution in [2.45, 2.75) is 39.0 Å². The van der Waals surface area contributed by atoms with Gasteiger partial charge in [-0.05, 0) is 38.5 Å². The van der Waals surface area contributed by atoms with Crippen molar-refractivity contribution in [3.63, 3.8) is 0 Å². The third-order valence-corrected chi connectivity index (χ3v) is 2.46. The third kappa shape index (κ3) is 4.34. The first kappa shape index (κ1) is 14.0. The van der Waals surface area contributed by atoms with Crippen molar-refractivity contribution >= 4 is 0 Å². The lowest BCUT2D eigenvalue weighted by Crippen LogP contribution is -2.38. The first-order valence-corrected chi connectivity index (χ1v) is 5.69. The molecule has 0 aromatic heterocycles. The van der Waals surface area contributed by atoms with Gasteiger partial charge in [0.2, 0.25) is 0 Å². The van der Waals surface area contributed by atoms with Crippen LogP contribution in [-0.2, 0) is 6.61 Å². The highest BCUT2D eigenvalue weighted by Gasteiger charge is 2.16. The van der Waals surface area contributed by atoms with Crippen molar-refractivity contribution in [1.82, 2.24) is 5.32 Å². The number of aliphatic hydroxyl groups is 2. The smallest absolute Gasteiger partial charge is 0.121 e. The number of hydrogen-bond donors (Lipinski definition) is 4. The van der Waals surface area contributed by atoms with Crippen LogP contribution in [0.25, 0.3) is 0 Å². The predicted molar refractivity (Wildman–Crippen MR) is 66.7 cm³/mol. The molecule has 1 atom stereocenters. The predicted octanol–water partition coefficient (Wildman–Crippen LogP) is 1.31. The van der Waals surface area contributed by atoms with E-state index in [1.165, 1.54) is 6.07 Å². The maximum Gasteiger partial charge on any atom is 0.121 e. The van der Waals surface area contributed by atoms with Crippen molar-refractivity contribution in [3.8, 4) is 5.75 Å². The number of phenolic OH excluding ortho intramolecular Hbond substituents is 1. The molecule has 4 heteroatoms. The Kier molecular flexibility index (Phi) is 4.51. The molecule has 1 unspecified atom stereocenters. The van der Waals surface area contributed by atoms with Crippen LogP contribution >= 0.6 is 0 Å². The number of aromatic hydroxyl groups is 1. The molecule has 0 amide bonds. The van der Waals surface area contributed by atoms with E-state index in [1.54, 1.807) is 12.1 Å². The van der Waals surface area contributed by atoms with E-state index in [0.717, 1.165) is 0 Å². The van der Waals surface area contributed by atoms with Gasteiger partial charge in [-0.1, -0.05) is 6.07 Å². The molecule has 0 saturated carbocycles. The molecule has 0 saturated heterocycles. The van der Waals surface area contributed by atoms with Crippen molar-refractivity contribution in [2.75, 3.05) is 6.54 Å². The second-order valence-electron chi connectivity index (χ2n) is 5.20. The number of nitrogens with one attached hydrogen (secondary N) is 1. The monoisotopic (exact) mass is 239 g/mol. The molecular formula is C13H21NO3. The number of β-amino-alcohol motifs (C(OH)–C–C–N with tert-alkyl or cyclic N) is 1. The van der Waals surface area contributed by atoms with E-state index in [2.05, 4.69) is 5.32 Å². The normalized spacial score (nSPS) is 13.7. The first-order valence-electron chi connectivity index (χ1n) is 5.69. The van der Waals surface area contributed by atoms with Gasteiger partial charge in [0.25, 0.3) is 0 Å². The van der Waals surface area contributed by atoms with Crippen LogP contribution in [0.2, 0.25) is 0 Å². The number of hydrogen-bond acceptors (Lipinski definition) is 4. The van der Waals surface area contributed by atoms with Crippen LogP contribution in [0.5, 0.6) is 5.75 Å². The minimum Gasteiger partial charge on any atom is -0.508 e. The average Bonchev–Trinajstić information content (AvgIpc) is 2.25. The summed E-state index contributed by atoms with van der Waals surface area (Å²) in [6.07, 6.45) is -0.791. The van der Waals surface area contributed by atoms with Crippen LogP contribution in [0, 0.1) is 0 Å². The molecule has 0 heterocycles. The fourth-order valence-electron chi connectivity index (χ4n) is 1.48. The van der Waals surface area contributed by atoms with Gasteiger partial charge in [0.15, 0.2) is 0 Å². The van der Waals surface area contributed by atoms with E-state index < -0.39 is 6.10 Å². The molecule has 96 valence electrons. The van der Waals surface area contributed by atoms with Crippen LogP contribution in [0.4, 0.5) is 0 Å². The topological polar surface area (TPSA) is 72.7 Å². The maximum atomic E-state index is 9.98. The lowest BCUT2D eigenvalue weighted by Gasteiger charge is -2.23. The van der Waals surface area contributed by atoms with Gasteiger partial charge in [0.1, 0.15) is 5.75 Å². The summed E-state index contributed by atoms with van der Waals surface area (Å²) in [6, 6.07) is 4.73. The number of phenols is 1. The minimum atomic E-state index is -0.791. The van der Waals surface area contributed by atoms with E-state index in [1.807, 2.05) is 20.8 Å². The van der Waals surface area contributed by atoms with Crippen LogP contribution in [0.3, 0.4) is 0 Å². The second kappa shape index (κ2) is 5.49. The zero-order valence-electron chi connectivity index (χ0n) is 10.6. The van der Waals surface area contributed by atoms with E-state index in [0.29, 0.717) is 17.7 Å². The van der Waals surface area contributed by atoms with Gasteiger partial charge in [0.05, 0.1) is 12.7 Å². The summed E-state index contributed by atoms with van der Waals surface area (Å²) in [5.74, 6) is 0.0467. The summed E-state index contributed by atoms with van der Waals surface area (Å²) in [5, 5.41) is 31.8. The van der Waals surface area contributed by atoms with Gasteiger partial charge in [-0.2, -0.15) is 0 Å². The summed E-state index contributed by atoms with van der Waals surface area (Å²) in [7, 11) is 0. The SMILES string of the molecule is CC(C)(C)NCC(O)c1cc(CO)ccc1O. The van der Waals surface area contributed by atoms with Crippen LogP contribution in [0.1, 0.15) is 38.0 Å². The quantitative estimate of drug-likeness (QED) is 0.639. The highest BCUT2D eigenvalue weighted by Crippen LogP contribution is 2.25. The number of rotatable bonds is 4. The van der Waals surface area contributed by atoms with Crippen molar-refractivity contribution < 1.29 is 15.3 Å². The Morgan fingerprint density at radius 3 is 2.47 bits per heavy atom. The van der Waals surface area contributed by atoms with Gasteiger partial charge in [-0.3, -0.25) is 0 Å². The Labute approximate surface area is 102 Å². The zero-order chi connectivity index (χ0) is 13.1. The summed E-state index contributed by atoms with van der Waals surface area (Å²) in [5.41, 5.74) is 1.02. The molecule has 0 bridgehead atoms. The molecule has 4 N–H and O–H groups in total. The van der Waals surface area contributed by atoms with Crippen LogP contribution < -0.4 is 5.32 Å². The molecule has 1 aromatic carbocycles. The molecule has 4 nitrogen and oxygen atoms in total. The van der Waals surface area contributed by atoms with E-state index in [-0.39, 0.29) is 17.9 Å². The summed E-state index contributed by atoms with van der Waals surface area (Å²) >= 11 is 0. The molecule has 0 radical (unpaired) electrons. The summed E-state index contributed by atoms with van der Waals surface area (Å²) < 4.78 is 0. The Bertz CT molecular complexity index is 371. The highest BCUT2D eigenvalue weighted by atomic mass is 16.3. The fourth-order valence-corrected chi connectivity index (χ4v) is 1.48. The van der Waals surface area contributed by atoms with Gasteiger partial charge in [-0.15, -0.1) is 0 Å². The zero-order valence-corrected chi connectivity index (χ0v) is 10.6. The molecule has 1 rings (SSSR count). The minimum absolute atomic E-state index is 0.0467. The lowest BCUT2D eigenvalue weighted by atomic mass is 10.0. The summed E-state index contributed by atoms with van der Waals surface area (Å²) in [4.78, 5) is 0. The van der Waals surface area contributed by atoms with E-state index in [9.17, 15) is 10.2 Å². The fraction of sp³-hybridized carbons (Fsp3) is 0.538. The van der Waals surface area contributed by atoms with Gasteiger partial charge < -0.3 is 20.6 Å². The Morgan fingerprint density at radius 1 is 1.29 bits per heavy atom. The maximum absolute atomic E-state index is 9.98. The molecule has 17 heavy (non-hydrogen) atoms. The van der Waals surface area contributed by atoms with E-state index in [4.69, 9.17) is 5.11 Å². The van der Waals surface area contributed by atoms with Gasteiger partial charge in [0, 0.05) is 17.6 Å². The molecule has 0 spiro atoms. The molecule has 0 aliphatic rings. The second-order valence-corrected chi connectivity index (χ2v) is 5.20. The Balaban J connectivity index is 2.77. The first-order chi connectivity index (χ1) is 7.83. The standard InChI is InChI=1S/C13H21NO3/c1-13(2,3)14-7-12(17)10-6-9(8-15)4-5-11(10)16/h4-6,12,14-17H,7-8H2,1-3H3. The summed E-state index contributed by atoms with van der Waals surface area (Å²) in [6.45, 7) is 6.26. The molecule has 1 aromatic rings. The number of aliphatic hydroxyl groups excluding tert-OH is 2. The Hall–Kier alpha value is -1.10. The largest absolute Gasteiger partial charge is 0.508 e.